The van der Waals surface area contributed by atoms with Crippen LogP contribution in [0.1, 0.15) is 43.4 Å². The number of furan rings is 1. The van der Waals surface area contributed by atoms with Gasteiger partial charge in [-0.2, -0.15) is 0 Å². The van der Waals surface area contributed by atoms with Gasteiger partial charge in [0.25, 0.3) is 0 Å². The molecule has 0 aliphatic carbocycles. The molecule has 0 amide bonds. The van der Waals surface area contributed by atoms with Crippen LogP contribution in [-0.4, -0.2) is 6.54 Å². The molecule has 2 heteroatoms. The Bertz CT molecular complexity index is 265. The normalized spacial score (nSPS) is 13.2. The third-order valence-electron chi connectivity index (χ3n) is 2.31. The van der Waals surface area contributed by atoms with E-state index >= 15 is 0 Å². The molecule has 0 bridgehead atoms. The van der Waals surface area contributed by atoms with Crippen LogP contribution in [0.5, 0.6) is 0 Å². The van der Waals surface area contributed by atoms with Gasteiger partial charge in [-0.3, -0.25) is 0 Å². The first-order valence-electron chi connectivity index (χ1n) is 4.99. The van der Waals surface area contributed by atoms with Gasteiger partial charge in [0.1, 0.15) is 11.5 Å². The van der Waals surface area contributed by atoms with Crippen LogP contribution in [0, 0.1) is 13.8 Å². The summed E-state index contributed by atoms with van der Waals surface area (Å²) in [6, 6.07) is 2.58. The van der Waals surface area contributed by atoms with Crippen LogP contribution in [-0.2, 0) is 0 Å². The Morgan fingerprint density at radius 3 is 2.46 bits per heavy atom. The molecule has 2 nitrogen and oxygen atoms in total. The minimum atomic E-state index is 0.447. The van der Waals surface area contributed by atoms with Crippen molar-refractivity contribution in [2.45, 2.75) is 40.2 Å². The topological polar surface area (TPSA) is 25.2 Å². The van der Waals surface area contributed by atoms with Crippen molar-refractivity contribution < 1.29 is 4.42 Å². The lowest BCUT2D eigenvalue weighted by molar-refractivity contribution is 0.481. The van der Waals surface area contributed by atoms with E-state index in [1.807, 2.05) is 13.8 Å². The second-order valence-corrected chi connectivity index (χ2v) is 3.39. The van der Waals surface area contributed by atoms with Gasteiger partial charge in [-0.25, -0.2) is 0 Å². The van der Waals surface area contributed by atoms with Crippen molar-refractivity contribution in [3.05, 3.63) is 23.2 Å². The Hall–Kier alpha value is -0.760. The Morgan fingerprint density at radius 2 is 2.08 bits per heavy atom. The minimum Gasteiger partial charge on any atom is -0.466 e. The molecular weight excluding hydrogens is 162 g/mol. The van der Waals surface area contributed by atoms with Crippen molar-refractivity contribution in [3.63, 3.8) is 0 Å². The largest absolute Gasteiger partial charge is 0.466 e. The summed E-state index contributed by atoms with van der Waals surface area (Å²) in [6.07, 6.45) is 1.10. The summed E-state index contributed by atoms with van der Waals surface area (Å²) < 4.78 is 5.50. The van der Waals surface area contributed by atoms with E-state index in [9.17, 15) is 0 Å². The highest BCUT2D eigenvalue weighted by molar-refractivity contribution is 5.23. The lowest BCUT2D eigenvalue weighted by Crippen LogP contribution is -2.20. The third kappa shape index (κ3) is 2.34. The van der Waals surface area contributed by atoms with Gasteiger partial charge in [0.15, 0.2) is 0 Å². The van der Waals surface area contributed by atoms with Gasteiger partial charge in [-0.1, -0.05) is 13.8 Å². The standard InChI is InChI=1S/C11H19NO/c1-5-11(12-6-2)10-7-8(3)13-9(10)4/h7,11-12H,5-6H2,1-4H3. The second-order valence-electron chi connectivity index (χ2n) is 3.39. The van der Waals surface area contributed by atoms with E-state index in [1.54, 1.807) is 0 Å². The molecule has 1 aromatic heterocycles. The molecule has 74 valence electrons. The molecule has 0 saturated carbocycles. The molecule has 1 heterocycles. The number of aryl methyl sites for hydroxylation is 2. The van der Waals surface area contributed by atoms with Gasteiger partial charge < -0.3 is 9.73 Å². The third-order valence-corrected chi connectivity index (χ3v) is 2.31. The summed E-state index contributed by atoms with van der Waals surface area (Å²) >= 11 is 0. The molecule has 13 heavy (non-hydrogen) atoms. The minimum absolute atomic E-state index is 0.447. The summed E-state index contributed by atoms with van der Waals surface area (Å²) in [5, 5.41) is 3.44. The summed E-state index contributed by atoms with van der Waals surface area (Å²) in [6.45, 7) is 9.35. The maximum Gasteiger partial charge on any atom is 0.105 e. The van der Waals surface area contributed by atoms with E-state index in [1.165, 1.54) is 5.56 Å². The highest BCUT2D eigenvalue weighted by Gasteiger charge is 2.13. The number of hydrogen-bond acceptors (Lipinski definition) is 2. The van der Waals surface area contributed by atoms with E-state index in [0.717, 1.165) is 24.5 Å². The average molecular weight is 181 g/mol. The zero-order valence-electron chi connectivity index (χ0n) is 8.98. The fraction of sp³-hybridized carbons (Fsp3) is 0.636. The molecule has 1 atom stereocenters. The maximum absolute atomic E-state index is 5.50. The van der Waals surface area contributed by atoms with Gasteiger partial charge in [-0.05, 0) is 32.9 Å². The van der Waals surface area contributed by atoms with Crippen molar-refractivity contribution in [1.29, 1.82) is 0 Å². The van der Waals surface area contributed by atoms with E-state index in [4.69, 9.17) is 4.42 Å². The Balaban J connectivity index is 2.83. The predicted octanol–water partition coefficient (Wildman–Crippen LogP) is 2.96. The van der Waals surface area contributed by atoms with Gasteiger partial charge >= 0.3 is 0 Å². The molecule has 0 aliphatic heterocycles. The van der Waals surface area contributed by atoms with Crippen LogP contribution in [0.25, 0.3) is 0 Å². The molecule has 1 N–H and O–H groups in total. The Labute approximate surface area is 80.3 Å². The van der Waals surface area contributed by atoms with E-state index in [0.29, 0.717) is 6.04 Å². The molecule has 0 spiro atoms. The van der Waals surface area contributed by atoms with Crippen LogP contribution >= 0.6 is 0 Å². The van der Waals surface area contributed by atoms with E-state index in [-0.39, 0.29) is 0 Å². The van der Waals surface area contributed by atoms with Gasteiger partial charge in [-0.15, -0.1) is 0 Å². The van der Waals surface area contributed by atoms with Crippen LogP contribution in [0.3, 0.4) is 0 Å². The monoisotopic (exact) mass is 181 g/mol. The van der Waals surface area contributed by atoms with Crippen molar-refractivity contribution in [2.24, 2.45) is 0 Å². The van der Waals surface area contributed by atoms with Gasteiger partial charge in [0.2, 0.25) is 0 Å². The zero-order chi connectivity index (χ0) is 9.84. The quantitative estimate of drug-likeness (QED) is 0.772. The van der Waals surface area contributed by atoms with Gasteiger partial charge in [0.05, 0.1) is 0 Å². The number of nitrogens with one attached hydrogen (secondary N) is 1. The van der Waals surface area contributed by atoms with Gasteiger partial charge in [0, 0.05) is 11.6 Å². The van der Waals surface area contributed by atoms with Crippen LogP contribution < -0.4 is 5.32 Å². The van der Waals surface area contributed by atoms with Crippen LogP contribution in [0.15, 0.2) is 10.5 Å². The predicted molar refractivity (Wildman–Crippen MR) is 54.9 cm³/mol. The van der Waals surface area contributed by atoms with E-state index in [2.05, 4.69) is 25.2 Å². The SMILES string of the molecule is CCNC(CC)c1cc(C)oc1C. The van der Waals surface area contributed by atoms with Crippen LogP contribution in [0.2, 0.25) is 0 Å². The second kappa shape index (κ2) is 4.47. The summed E-state index contributed by atoms with van der Waals surface area (Å²) in [4.78, 5) is 0. The van der Waals surface area contributed by atoms with Crippen LogP contribution in [0.4, 0.5) is 0 Å². The molecule has 1 aromatic rings. The summed E-state index contributed by atoms with van der Waals surface area (Å²) in [7, 11) is 0. The fourth-order valence-corrected chi connectivity index (χ4v) is 1.72. The Kier molecular flexibility index (Phi) is 3.55. The van der Waals surface area contributed by atoms with Crippen molar-refractivity contribution in [2.75, 3.05) is 6.54 Å². The lowest BCUT2D eigenvalue weighted by Gasteiger charge is -2.14. The number of rotatable bonds is 4. The molecule has 0 saturated heterocycles. The van der Waals surface area contributed by atoms with Crippen molar-refractivity contribution in [1.82, 2.24) is 5.32 Å². The smallest absolute Gasteiger partial charge is 0.105 e. The first-order chi connectivity index (χ1) is 6.19. The first kappa shape index (κ1) is 10.3. The maximum atomic E-state index is 5.50. The molecule has 0 aromatic carbocycles. The highest BCUT2D eigenvalue weighted by Crippen LogP contribution is 2.23. The number of hydrogen-bond donors (Lipinski definition) is 1. The Morgan fingerprint density at radius 1 is 1.38 bits per heavy atom. The average Bonchev–Trinajstić information content (AvgIpc) is 2.41. The summed E-state index contributed by atoms with van der Waals surface area (Å²) in [5.41, 5.74) is 1.31. The molecular formula is C11H19NO. The lowest BCUT2D eigenvalue weighted by atomic mass is 10.1. The highest BCUT2D eigenvalue weighted by atomic mass is 16.3. The zero-order valence-corrected chi connectivity index (χ0v) is 8.98. The van der Waals surface area contributed by atoms with Crippen molar-refractivity contribution >= 4 is 0 Å². The molecule has 0 aliphatic rings. The molecule has 0 fully saturated rings. The van der Waals surface area contributed by atoms with Crippen molar-refractivity contribution in [3.8, 4) is 0 Å². The summed E-state index contributed by atoms with van der Waals surface area (Å²) in [5.74, 6) is 2.05. The molecule has 1 unspecified atom stereocenters. The van der Waals surface area contributed by atoms with E-state index < -0.39 is 0 Å². The fourth-order valence-electron chi connectivity index (χ4n) is 1.72. The first-order valence-corrected chi connectivity index (χ1v) is 4.99. The molecule has 1 rings (SSSR count). The molecule has 0 radical (unpaired) electrons.